The highest BCUT2D eigenvalue weighted by Gasteiger charge is 2.40. The molecule has 1 saturated heterocycles. The molecule has 0 bridgehead atoms. The van der Waals surface area contributed by atoms with Gasteiger partial charge in [-0.3, -0.25) is 43.7 Å². The number of guanidine groups is 3. The Balaban J connectivity index is 2.37. The van der Waals surface area contributed by atoms with Crippen molar-refractivity contribution >= 4 is 59.3 Å². The first kappa shape index (κ1) is 52.4. The van der Waals surface area contributed by atoms with Crippen LogP contribution in [0.5, 0.6) is 0 Å². The summed E-state index contributed by atoms with van der Waals surface area (Å²) >= 11 is 0. The van der Waals surface area contributed by atoms with Crippen LogP contribution >= 0.6 is 0 Å². The number of aliphatic hydroxyl groups excluding tert-OH is 1. The van der Waals surface area contributed by atoms with Gasteiger partial charge in [-0.05, 0) is 63.9 Å². The third-order valence-electron chi connectivity index (χ3n) is 9.72. The van der Waals surface area contributed by atoms with E-state index in [1.54, 1.807) is 30.3 Å². The molecule has 0 radical (unpaired) electrons. The zero-order chi connectivity index (χ0) is 47.1. The van der Waals surface area contributed by atoms with Crippen LogP contribution in [-0.2, 0) is 40.0 Å². The largest absolute Gasteiger partial charge is 0.480 e. The fraction of sp³-hybridized carbons (Fsp3) is 0.579. The smallest absolute Gasteiger partial charge is 0.326 e. The second-order valence-electron chi connectivity index (χ2n) is 14.8. The normalized spacial score (nSPS) is 16.0. The Morgan fingerprint density at radius 2 is 1.19 bits per heavy atom. The number of aliphatic carboxylic acids is 1. The molecule has 0 aliphatic carbocycles. The molecule has 350 valence electrons. The van der Waals surface area contributed by atoms with E-state index in [4.69, 9.17) is 40.1 Å². The summed E-state index contributed by atoms with van der Waals surface area (Å²) in [5.41, 5.74) is 38.4. The van der Waals surface area contributed by atoms with Crippen LogP contribution in [0.1, 0.15) is 63.9 Å². The number of carbonyl (C=O) groups excluding carboxylic acids is 6. The number of nitrogens with zero attached hydrogens (tertiary/aromatic N) is 4. The lowest BCUT2D eigenvalue weighted by Crippen LogP contribution is -2.61. The molecule has 0 unspecified atom stereocenters. The van der Waals surface area contributed by atoms with Gasteiger partial charge in [-0.15, -0.1) is 0 Å². The number of hydrogen-bond donors (Lipinski definition) is 14. The number of amides is 6. The molecule has 1 aromatic carbocycles. The minimum atomic E-state index is -1.68. The Hall–Kier alpha value is -6.76. The highest BCUT2D eigenvalue weighted by molar-refractivity contribution is 5.97. The Bertz CT molecular complexity index is 1780. The third-order valence-corrected chi connectivity index (χ3v) is 9.72. The number of rotatable bonds is 27. The summed E-state index contributed by atoms with van der Waals surface area (Å²) in [6, 6.07) is 0.710. The van der Waals surface area contributed by atoms with Crippen LogP contribution in [0.4, 0.5) is 0 Å². The highest BCUT2D eigenvalue weighted by atomic mass is 16.4. The lowest BCUT2D eigenvalue weighted by molar-refractivity contribution is -0.145. The molecule has 1 aliphatic heterocycles. The molecule has 1 fully saturated rings. The van der Waals surface area contributed by atoms with Crippen molar-refractivity contribution in [2.24, 2.45) is 55.1 Å². The standard InChI is InChI=1S/C38H64N16O9/c1-21(55)29(53-31(58)24(12-6-16-47-37(42)43)50-30(57)23(49-28(56)20-39)11-5-15-46-36(40)41)33(60)52-26(19-22-9-3-2-4-10-22)34(61)54-18-8-14-27(54)32(59)51-25(35(62)63)13-7-17-48-38(44)45/h2-4,9-10,21,23-27,29,55H,5-8,11-20,39H2,1H3,(H,49,56)(H,50,57)(H,51,59)(H,52,60)(H,53,58)(H,62,63)(H4,40,41,46)(H4,42,43,47)(H4,44,45,48)/t21-,23+,24+,25+,26+,27+,29+/m1/s1. The number of likely N-dealkylation sites (tertiary alicyclic amines) is 1. The van der Waals surface area contributed by atoms with Crippen LogP contribution < -0.4 is 66.7 Å². The Morgan fingerprint density at radius 1 is 0.698 bits per heavy atom. The molecule has 1 aromatic rings. The average molecular weight is 889 g/mol. The molecular formula is C38H64N16O9. The first-order valence-corrected chi connectivity index (χ1v) is 20.5. The topological polar surface area (TPSA) is 443 Å². The molecule has 25 nitrogen and oxygen atoms in total. The van der Waals surface area contributed by atoms with Crippen LogP contribution in [0.2, 0.25) is 0 Å². The number of nitrogens with two attached hydrogens (primary N) is 7. The summed E-state index contributed by atoms with van der Waals surface area (Å²) in [4.78, 5) is 106. The zero-order valence-electron chi connectivity index (χ0n) is 35.4. The van der Waals surface area contributed by atoms with Gasteiger partial charge < -0.3 is 81.8 Å². The average Bonchev–Trinajstić information content (AvgIpc) is 3.72. The zero-order valence-corrected chi connectivity index (χ0v) is 35.4. The van der Waals surface area contributed by atoms with E-state index >= 15 is 0 Å². The van der Waals surface area contributed by atoms with Crippen molar-refractivity contribution in [3.8, 4) is 0 Å². The molecule has 25 heteroatoms. The molecule has 0 aromatic heterocycles. The van der Waals surface area contributed by atoms with E-state index in [0.29, 0.717) is 12.0 Å². The van der Waals surface area contributed by atoms with Crippen molar-refractivity contribution in [1.82, 2.24) is 31.5 Å². The Morgan fingerprint density at radius 3 is 1.68 bits per heavy atom. The molecule has 2 rings (SSSR count). The summed E-state index contributed by atoms with van der Waals surface area (Å²) in [5.74, 6) is -6.54. The van der Waals surface area contributed by atoms with Crippen LogP contribution in [0.15, 0.2) is 45.3 Å². The van der Waals surface area contributed by atoms with Crippen molar-refractivity contribution in [2.45, 2.75) is 107 Å². The summed E-state index contributed by atoms with van der Waals surface area (Å²) in [5, 5.41) is 33.3. The molecule has 0 spiro atoms. The van der Waals surface area contributed by atoms with Crippen molar-refractivity contribution in [2.75, 3.05) is 32.7 Å². The van der Waals surface area contributed by atoms with Gasteiger partial charge in [-0.2, -0.15) is 0 Å². The van der Waals surface area contributed by atoms with E-state index in [1.165, 1.54) is 11.8 Å². The predicted molar refractivity (Wildman–Crippen MR) is 233 cm³/mol. The van der Waals surface area contributed by atoms with Gasteiger partial charge in [-0.25, -0.2) is 4.79 Å². The minimum Gasteiger partial charge on any atom is -0.480 e. The van der Waals surface area contributed by atoms with Gasteiger partial charge >= 0.3 is 5.97 Å². The number of carboxylic acids is 1. The summed E-state index contributed by atoms with van der Waals surface area (Å²) in [6.45, 7) is 1.24. The van der Waals surface area contributed by atoms with Crippen molar-refractivity contribution < 1.29 is 43.8 Å². The van der Waals surface area contributed by atoms with Gasteiger partial charge in [0.1, 0.15) is 36.3 Å². The van der Waals surface area contributed by atoms with Crippen LogP contribution in [0, 0.1) is 0 Å². The maximum Gasteiger partial charge on any atom is 0.326 e. The predicted octanol–water partition coefficient (Wildman–Crippen LogP) is -5.77. The second kappa shape index (κ2) is 27.2. The molecule has 0 saturated carbocycles. The van der Waals surface area contributed by atoms with Crippen molar-refractivity contribution in [3.63, 3.8) is 0 Å². The van der Waals surface area contributed by atoms with Gasteiger partial charge in [0.25, 0.3) is 0 Å². The van der Waals surface area contributed by atoms with Crippen molar-refractivity contribution in [3.05, 3.63) is 35.9 Å². The Labute approximate surface area is 364 Å². The van der Waals surface area contributed by atoms with E-state index in [2.05, 4.69) is 41.6 Å². The molecule has 63 heavy (non-hydrogen) atoms. The number of benzene rings is 1. The number of aliphatic hydroxyl groups is 1. The van der Waals surface area contributed by atoms with Crippen LogP contribution in [-0.4, -0.2) is 149 Å². The molecular weight excluding hydrogens is 825 g/mol. The fourth-order valence-electron chi connectivity index (χ4n) is 6.57. The van der Waals surface area contributed by atoms with Crippen LogP contribution in [0.3, 0.4) is 0 Å². The molecule has 1 heterocycles. The molecule has 6 amide bonds. The van der Waals surface area contributed by atoms with E-state index in [-0.39, 0.29) is 95.4 Å². The number of aliphatic imine (C=N–C) groups is 3. The summed E-state index contributed by atoms with van der Waals surface area (Å²) in [6.07, 6.45) is -0.364. The number of hydrogen-bond acceptors (Lipinski definition) is 12. The summed E-state index contributed by atoms with van der Waals surface area (Å²) in [7, 11) is 0. The van der Waals surface area contributed by atoms with Gasteiger partial charge in [0, 0.05) is 32.6 Å². The number of carbonyl (C=O) groups is 7. The van der Waals surface area contributed by atoms with Gasteiger partial charge in [0.2, 0.25) is 35.4 Å². The Kier molecular flexibility index (Phi) is 22.6. The van der Waals surface area contributed by atoms with E-state index in [1.807, 2.05) is 0 Å². The highest BCUT2D eigenvalue weighted by Crippen LogP contribution is 2.21. The first-order valence-electron chi connectivity index (χ1n) is 20.5. The van der Waals surface area contributed by atoms with E-state index in [0.717, 1.165) is 0 Å². The van der Waals surface area contributed by atoms with Gasteiger partial charge in [0.05, 0.1) is 12.6 Å². The first-order chi connectivity index (χ1) is 29.8. The number of carboxylic acid groups (broad SMARTS) is 1. The molecule has 1 aliphatic rings. The van der Waals surface area contributed by atoms with Gasteiger partial charge in [0.15, 0.2) is 17.9 Å². The van der Waals surface area contributed by atoms with Crippen molar-refractivity contribution in [1.29, 1.82) is 0 Å². The molecule has 7 atom stereocenters. The fourth-order valence-corrected chi connectivity index (χ4v) is 6.57. The van der Waals surface area contributed by atoms with Crippen LogP contribution in [0.25, 0.3) is 0 Å². The minimum absolute atomic E-state index is 0.00456. The lowest BCUT2D eigenvalue weighted by atomic mass is 10.0. The third kappa shape index (κ3) is 19.2. The lowest BCUT2D eigenvalue weighted by Gasteiger charge is -2.31. The number of nitrogens with one attached hydrogen (secondary N) is 5. The monoisotopic (exact) mass is 889 g/mol. The second-order valence-corrected chi connectivity index (χ2v) is 14.8. The molecule has 21 N–H and O–H groups in total. The SMILES string of the molecule is C[C@@H](O)[C@H](NC(=O)[C@H](CCCN=C(N)N)NC(=O)[C@H](CCCN=C(N)N)NC(=O)CN)C(=O)N[C@@H](Cc1ccccc1)C(=O)N1CCC[C@H]1C(=O)N[C@@H](CCCN=C(N)N)C(=O)O. The van der Waals surface area contributed by atoms with E-state index < -0.39 is 90.3 Å². The van der Waals surface area contributed by atoms with E-state index in [9.17, 15) is 43.8 Å². The summed E-state index contributed by atoms with van der Waals surface area (Å²) < 4.78 is 0. The maximum atomic E-state index is 14.3. The van der Waals surface area contributed by atoms with Gasteiger partial charge in [-0.1, -0.05) is 30.3 Å². The quantitative estimate of drug-likeness (QED) is 0.0222. The maximum absolute atomic E-state index is 14.3.